The zero-order valence-corrected chi connectivity index (χ0v) is 16.6. The van der Waals surface area contributed by atoms with Crippen LogP contribution in [-0.4, -0.2) is 39.1 Å². The van der Waals surface area contributed by atoms with Crippen molar-refractivity contribution in [1.29, 1.82) is 0 Å². The van der Waals surface area contributed by atoms with Gasteiger partial charge in [-0.25, -0.2) is 0 Å². The topological polar surface area (TPSA) is 80.0 Å². The van der Waals surface area contributed by atoms with Crippen LogP contribution in [0.25, 0.3) is 0 Å². The molecule has 0 atom stereocenters. The molecule has 2 fully saturated rings. The zero-order valence-electron chi connectivity index (χ0n) is 16.6. The van der Waals surface area contributed by atoms with Gasteiger partial charge < -0.3 is 24.7 Å². The van der Waals surface area contributed by atoms with Gasteiger partial charge in [0, 0.05) is 27.1 Å². The first kappa shape index (κ1) is 20.0. The van der Waals surface area contributed by atoms with E-state index in [0.29, 0.717) is 37.2 Å². The van der Waals surface area contributed by atoms with E-state index in [1.165, 1.54) is 12.8 Å². The Labute approximate surface area is 161 Å². The summed E-state index contributed by atoms with van der Waals surface area (Å²) in [6.45, 7) is 0. The molecule has 0 unspecified atom stereocenters. The van der Waals surface area contributed by atoms with Crippen LogP contribution in [0.4, 0.5) is 0 Å². The van der Waals surface area contributed by atoms with Crippen molar-refractivity contribution < 1.29 is 23.7 Å². The third-order valence-corrected chi connectivity index (χ3v) is 6.39. The molecule has 3 rings (SSSR count). The molecule has 0 aromatic heterocycles. The number of ether oxygens (including phenoxy) is 4. The SMILES string of the molecule is COc1ccc(C2(C(N)=O)CCC(OC)(OC)CC2)cc1OC1CCCC1. The first-order valence-electron chi connectivity index (χ1n) is 9.74. The van der Waals surface area contributed by atoms with Crippen LogP contribution in [0.1, 0.15) is 56.9 Å². The molecule has 0 spiro atoms. The minimum absolute atomic E-state index is 0.208. The molecule has 2 aliphatic carbocycles. The second kappa shape index (κ2) is 8.07. The Balaban J connectivity index is 1.91. The van der Waals surface area contributed by atoms with Crippen LogP contribution in [0.3, 0.4) is 0 Å². The summed E-state index contributed by atoms with van der Waals surface area (Å²) in [6, 6.07) is 5.74. The van der Waals surface area contributed by atoms with Crippen molar-refractivity contribution >= 4 is 5.91 Å². The number of amides is 1. The maximum Gasteiger partial charge on any atom is 0.228 e. The highest BCUT2D eigenvalue weighted by molar-refractivity contribution is 5.87. The highest BCUT2D eigenvalue weighted by atomic mass is 16.7. The summed E-state index contributed by atoms with van der Waals surface area (Å²) < 4.78 is 22.8. The van der Waals surface area contributed by atoms with Crippen molar-refractivity contribution in [3.8, 4) is 11.5 Å². The van der Waals surface area contributed by atoms with E-state index in [1.54, 1.807) is 21.3 Å². The molecule has 0 bridgehead atoms. The Morgan fingerprint density at radius 3 is 2.15 bits per heavy atom. The fraction of sp³-hybridized carbons (Fsp3) is 0.667. The molecule has 0 radical (unpaired) electrons. The summed E-state index contributed by atoms with van der Waals surface area (Å²) in [7, 11) is 4.91. The predicted octanol–water partition coefficient (Wildman–Crippen LogP) is 3.30. The Morgan fingerprint density at radius 2 is 1.63 bits per heavy atom. The van der Waals surface area contributed by atoms with Crippen molar-refractivity contribution in [2.75, 3.05) is 21.3 Å². The van der Waals surface area contributed by atoms with Gasteiger partial charge in [-0.15, -0.1) is 0 Å². The number of methoxy groups -OCH3 is 3. The summed E-state index contributed by atoms with van der Waals surface area (Å²) in [5, 5.41) is 0. The Bertz CT molecular complexity index is 655. The number of benzene rings is 1. The molecule has 2 N–H and O–H groups in total. The standard InChI is InChI=1S/C21H31NO5/c1-24-17-9-8-15(14-18(17)27-16-6-4-5-7-16)20(19(22)23)10-12-21(25-2,26-3)13-11-20/h8-9,14,16H,4-7,10-13H2,1-3H3,(H2,22,23). The molecule has 6 nitrogen and oxygen atoms in total. The minimum Gasteiger partial charge on any atom is -0.493 e. The van der Waals surface area contributed by atoms with Crippen molar-refractivity contribution in [2.45, 2.75) is 68.7 Å². The average molecular weight is 377 g/mol. The highest BCUT2D eigenvalue weighted by Gasteiger charge is 2.48. The average Bonchev–Trinajstić information content (AvgIpc) is 3.21. The molecule has 1 amide bonds. The van der Waals surface area contributed by atoms with Crippen LogP contribution in [0, 0.1) is 0 Å². The first-order valence-corrected chi connectivity index (χ1v) is 9.74. The lowest BCUT2D eigenvalue weighted by molar-refractivity contribution is -0.229. The molecule has 27 heavy (non-hydrogen) atoms. The largest absolute Gasteiger partial charge is 0.493 e. The minimum atomic E-state index is -0.749. The Morgan fingerprint density at radius 1 is 1.00 bits per heavy atom. The van der Waals surface area contributed by atoms with Crippen molar-refractivity contribution in [1.82, 2.24) is 0 Å². The van der Waals surface area contributed by atoms with E-state index in [0.717, 1.165) is 18.4 Å². The fourth-order valence-corrected chi connectivity index (χ4v) is 4.48. The lowest BCUT2D eigenvalue weighted by Crippen LogP contribution is -2.50. The smallest absolute Gasteiger partial charge is 0.228 e. The Hall–Kier alpha value is -1.79. The van der Waals surface area contributed by atoms with Crippen LogP contribution in [0.5, 0.6) is 11.5 Å². The van der Waals surface area contributed by atoms with Gasteiger partial charge in [-0.3, -0.25) is 4.79 Å². The predicted molar refractivity (Wildman–Crippen MR) is 102 cm³/mol. The number of carbonyl (C=O) groups excluding carboxylic acids is 1. The Kier molecular flexibility index (Phi) is 5.96. The molecule has 2 aliphatic rings. The molecular weight excluding hydrogens is 346 g/mol. The van der Waals surface area contributed by atoms with E-state index in [2.05, 4.69) is 0 Å². The van der Waals surface area contributed by atoms with Crippen LogP contribution in [-0.2, 0) is 19.7 Å². The van der Waals surface area contributed by atoms with E-state index in [1.807, 2.05) is 18.2 Å². The molecule has 1 aromatic carbocycles. The van der Waals surface area contributed by atoms with E-state index >= 15 is 0 Å². The van der Waals surface area contributed by atoms with E-state index < -0.39 is 11.2 Å². The van der Waals surface area contributed by atoms with Gasteiger partial charge in [0.05, 0.1) is 18.6 Å². The van der Waals surface area contributed by atoms with Gasteiger partial charge >= 0.3 is 0 Å². The third-order valence-electron chi connectivity index (χ3n) is 6.39. The van der Waals surface area contributed by atoms with Gasteiger partial charge in [-0.1, -0.05) is 6.07 Å². The van der Waals surface area contributed by atoms with E-state index in [4.69, 9.17) is 24.7 Å². The maximum absolute atomic E-state index is 12.5. The molecule has 0 heterocycles. The molecule has 150 valence electrons. The first-order chi connectivity index (χ1) is 13.0. The summed E-state index contributed by atoms with van der Waals surface area (Å²) in [6.07, 6.45) is 7.04. The van der Waals surface area contributed by atoms with Gasteiger partial charge in [0.15, 0.2) is 17.3 Å². The lowest BCUT2D eigenvalue weighted by atomic mass is 9.67. The lowest BCUT2D eigenvalue weighted by Gasteiger charge is -2.43. The number of nitrogens with two attached hydrogens (primary N) is 1. The van der Waals surface area contributed by atoms with Crippen LogP contribution in [0.15, 0.2) is 18.2 Å². The van der Waals surface area contributed by atoms with Gasteiger partial charge in [-0.2, -0.15) is 0 Å². The second-order valence-corrected chi connectivity index (χ2v) is 7.66. The summed E-state index contributed by atoms with van der Waals surface area (Å²) >= 11 is 0. The van der Waals surface area contributed by atoms with Crippen LogP contribution >= 0.6 is 0 Å². The van der Waals surface area contributed by atoms with Gasteiger partial charge in [0.25, 0.3) is 0 Å². The van der Waals surface area contributed by atoms with Gasteiger partial charge in [0.1, 0.15) is 0 Å². The number of primary amides is 1. The quantitative estimate of drug-likeness (QED) is 0.738. The molecule has 1 aromatic rings. The molecule has 2 saturated carbocycles. The number of rotatable bonds is 7. The molecule has 0 saturated heterocycles. The zero-order chi connectivity index (χ0) is 19.5. The number of hydrogen-bond donors (Lipinski definition) is 1. The highest BCUT2D eigenvalue weighted by Crippen LogP contribution is 2.46. The van der Waals surface area contributed by atoms with Crippen molar-refractivity contribution in [2.24, 2.45) is 5.73 Å². The van der Waals surface area contributed by atoms with Gasteiger partial charge in [0.2, 0.25) is 5.91 Å². The van der Waals surface area contributed by atoms with E-state index in [9.17, 15) is 4.79 Å². The summed E-state index contributed by atoms with van der Waals surface area (Å²) in [5.41, 5.74) is 6.03. The maximum atomic E-state index is 12.5. The van der Waals surface area contributed by atoms with E-state index in [-0.39, 0.29) is 12.0 Å². The third kappa shape index (κ3) is 3.78. The van der Waals surface area contributed by atoms with Crippen molar-refractivity contribution in [3.05, 3.63) is 23.8 Å². The van der Waals surface area contributed by atoms with Gasteiger partial charge in [-0.05, 0) is 56.2 Å². The summed E-state index contributed by atoms with van der Waals surface area (Å²) in [4.78, 5) is 12.5. The van der Waals surface area contributed by atoms with Crippen LogP contribution < -0.4 is 15.2 Å². The van der Waals surface area contributed by atoms with Crippen molar-refractivity contribution in [3.63, 3.8) is 0 Å². The summed E-state index contributed by atoms with van der Waals surface area (Å²) in [5.74, 6) is 0.413. The normalized spacial score (nSPS) is 21.7. The molecular formula is C21H31NO5. The monoisotopic (exact) mass is 377 g/mol. The fourth-order valence-electron chi connectivity index (χ4n) is 4.48. The molecule has 0 aliphatic heterocycles. The number of carbonyl (C=O) groups is 1. The molecule has 6 heteroatoms. The van der Waals surface area contributed by atoms with Crippen LogP contribution in [0.2, 0.25) is 0 Å². The number of hydrogen-bond acceptors (Lipinski definition) is 5. The second-order valence-electron chi connectivity index (χ2n) is 7.66.